The van der Waals surface area contributed by atoms with E-state index in [1.165, 1.54) is 19.3 Å². The van der Waals surface area contributed by atoms with E-state index in [9.17, 15) is 5.11 Å². The monoisotopic (exact) mass is 283 g/mol. The molecule has 2 nitrogen and oxygen atoms in total. The zero-order valence-electron chi connectivity index (χ0n) is 9.62. The quantitative estimate of drug-likeness (QED) is 0.895. The van der Waals surface area contributed by atoms with Crippen LogP contribution < -0.4 is 0 Å². The van der Waals surface area contributed by atoms with Gasteiger partial charge < -0.3 is 5.11 Å². The van der Waals surface area contributed by atoms with E-state index in [-0.39, 0.29) is 0 Å². The van der Waals surface area contributed by atoms with Gasteiger partial charge in [-0.1, -0.05) is 22.4 Å². The second-order valence-electron chi connectivity index (χ2n) is 4.48. The van der Waals surface area contributed by atoms with Crippen molar-refractivity contribution < 1.29 is 5.11 Å². The van der Waals surface area contributed by atoms with E-state index in [1.807, 2.05) is 12.1 Å². The SMILES string of the molecule is CC(c1cc(Br)ccc1O)N1CCCCC1. The van der Waals surface area contributed by atoms with Crippen LogP contribution in [0.25, 0.3) is 0 Å². The zero-order chi connectivity index (χ0) is 11.5. The summed E-state index contributed by atoms with van der Waals surface area (Å²) in [4.78, 5) is 2.45. The Bertz CT molecular complexity index is 361. The van der Waals surface area contributed by atoms with Crippen LogP contribution in [-0.2, 0) is 0 Å². The van der Waals surface area contributed by atoms with Crippen molar-refractivity contribution in [1.82, 2.24) is 4.90 Å². The Morgan fingerprint density at radius 1 is 1.25 bits per heavy atom. The van der Waals surface area contributed by atoms with Gasteiger partial charge >= 0.3 is 0 Å². The second kappa shape index (κ2) is 5.19. The Balaban J connectivity index is 2.18. The lowest BCUT2D eigenvalue weighted by atomic mass is 10.0. The first-order valence-corrected chi connectivity index (χ1v) is 6.70. The zero-order valence-corrected chi connectivity index (χ0v) is 11.2. The molecule has 1 unspecified atom stereocenters. The van der Waals surface area contributed by atoms with E-state index < -0.39 is 0 Å². The summed E-state index contributed by atoms with van der Waals surface area (Å²) in [5, 5.41) is 9.89. The fourth-order valence-electron chi connectivity index (χ4n) is 2.36. The molecule has 1 aliphatic rings. The molecule has 0 bridgehead atoms. The molecule has 1 atom stereocenters. The predicted molar refractivity (Wildman–Crippen MR) is 69.6 cm³/mol. The van der Waals surface area contributed by atoms with Crippen molar-refractivity contribution >= 4 is 15.9 Å². The predicted octanol–water partition coefficient (Wildman–Crippen LogP) is 3.70. The van der Waals surface area contributed by atoms with Crippen LogP contribution in [0.3, 0.4) is 0 Å². The topological polar surface area (TPSA) is 23.5 Å². The maximum atomic E-state index is 9.89. The minimum atomic E-state index is 0.304. The summed E-state index contributed by atoms with van der Waals surface area (Å²) in [6, 6.07) is 5.97. The highest BCUT2D eigenvalue weighted by atomic mass is 79.9. The van der Waals surface area contributed by atoms with Crippen LogP contribution in [0.2, 0.25) is 0 Å². The van der Waals surface area contributed by atoms with Crippen LogP contribution in [0.4, 0.5) is 0 Å². The van der Waals surface area contributed by atoms with Gasteiger partial charge in [0.15, 0.2) is 0 Å². The van der Waals surface area contributed by atoms with Gasteiger partial charge in [0.25, 0.3) is 0 Å². The van der Waals surface area contributed by atoms with E-state index in [4.69, 9.17) is 0 Å². The number of halogens is 1. The molecule has 1 fully saturated rings. The molecular weight excluding hydrogens is 266 g/mol. The second-order valence-corrected chi connectivity index (χ2v) is 5.39. The van der Waals surface area contributed by atoms with Gasteiger partial charge in [-0.05, 0) is 51.1 Å². The molecule has 88 valence electrons. The summed E-state index contributed by atoms with van der Waals surface area (Å²) >= 11 is 3.46. The Morgan fingerprint density at radius 3 is 2.62 bits per heavy atom. The molecule has 1 saturated heterocycles. The number of aromatic hydroxyl groups is 1. The maximum absolute atomic E-state index is 9.89. The fraction of sp³-hybridized carbons (Fsp3) is 0.538. The van der Waals surface area contributed by atoms with Gasteiger partial charge in [0.1, 0.15) is 5.75 Å². The van der Waals surface area contributed by atoms with Crippen molar-refractivity contribution in [2.75, 3.05) is 13.1 Å². The smallest absolute Gasteiger partial charge is 0.120 e. The molecule has 0 radical (unpaired) electrons. The Morgan fingerprint density at radius 2 is 1.94 bits per heavy atom. The van der Waals surface area contributed by atoms with Gasteiger partial charge in [0, 0.05) is 16.1 Å². The number of nitrogens with zero attached hydrogens (tertiary/aromatic N) is 1. The summed E-state index contributed by atoms with van der Waals surface area (Å²) in [6.45, 7) is 4.47. The third-order valence-corrected chi connectivity index (χ3v) is 3.87. The van der Waals surface area contributed by atoms with E-state index >= 15 is 0 Å². The van der Waals surface area contributed by atoms with Crippen molar-refractivity contribution in [1.29, 1.82) is 0 Å². The first-order chi connectivity index (χ1) is 7.68. The fourth-order valence-corrected chi connectivity index (χ4v) is 2.74. The Hall–Kier alpha value is -0.540. The van der Waals surface area contributed by atoms with E-state index in [0.29, 0.717) is 11.8 Å². The van der Waals surface area contributed by atoms with Crippen molar-refractivity contribution in [2.45, 2.75) is 32.2 Å². The summed E-state index contributed by atoms with van der Waals surface area (Å²) in [5.74, 6) is 0.404. The summed E-state index contributed by atoms with van der Waals surface area (Å²) in [5.41, 5.74) is 1.02. The van der Waals surface area contributed by atoms with Gasteiger partial charge in [-0.2, -0.15) is 0 Å². The lowest BCUT2D eigenvalue weighted by molar-refractivity contribution is 0.172. The Labute approximate surface area is 105 Å². The highest BCUT2D eigenvalue weighted by Gasteiger charge is 2.20. The lowest BCUT2D eigenvalue weighted by Crippen LogP contribution is -2.32. The number of hydrogen-bond donors (Lipinski definition) is 1. The number of phenolic OH excluding ortho intramolecular Hbond substituents is 1. The highest BCUT2D eigenvalue weighted by Crippen LogP contribution is 2.32. The van der Waals surface area contributed by atoms with E-state index in [1.54, 1.807) is 6.07 Å². The van der Waals surface area contributed by atoms with Crippen LogP contribution in [0, 0.1) is 0 Å². The van der Waals surface area contributed by atoms with Gasteiger partial charge in [-0.3, -0.25) is 4.90 Å². The number of phenols is 1. The van der Waals surface area contributed by atoms with Crippen molar-refractivity contribution in [3.05, 3.63) is 28.2 Å². The van der Waals surface area contributed by atoms with Crippen molar-refractivity contribution in [3.63, 3.8) is 0 Å². The molecule has 0 saturated carbocycles. The number of rotatable bonds is 2. The first kappa shape index (κ1) is 11.9. The molecule has 1 aromatic carbocycles. The lowest BCUT2D eigenvalue weighted by Gasteiger charge is -2.32. The maximum Gasteiger partial charge on any atom is 0.120 e. The minimum Gasteiger partial charge on any atom is -0.508 e. The molecule has 16 heavy (non-hydrogen) atoms. The van der Waals surface area contributed by atoms with Crippen LogP contribution in [0.15, 0.2) is 22.7 Å². The van der Waals surface area contributed by atoms with Gasteiger partial charge in [-0.15, -0.1) is 0 Å². The number of likely N-dealkylation sites (tertiary alicyclic amines) is 1. The molecule has 2 rings (SSSR count). The minimum absolute atomic E-state index is 0.304. The van der Waals surface area contributed by atoms with Gasteiger partial charge in [0.2, 0.25) is 0 Å². The molecule has 1 aromatic rings. The average molecular weight is 284 g/mol. The normalized spacial score (nSPS) is 19.6. The first-order valence-electron chi connectivity index (χ1n) is 5.91. The van der Waals surface area contributed by atoms with E-state index in [0.717, 1.165) is 23.1 Å². The third kappa shape index (κ3) is 2.58. The van der Waals surface area contributed by atoms with Crippen LogP contribution in [0.1, 0.15) is 37.8 Å². The van der Waals surface area contributed by atoms with Crippen LogP contribution >= 0.6 is 15.9 Å². The number of hydrogen-bond acceptors (Lipinski definition) is 2. The summed E-state index contributed by atoms with van der Waals surface area (Å²) in [7, 11) is 0. The molecule has 0 aromatic heterocycles. The van der Waals surface area contributed by atoms with Crippen LogP contribution in [0.5, 0.6) is 5.75 Å². The molecule has 0 spiro atoms. The van der Waals surface area contributed by atoms with Gasteiger partial charge in [0.05, 0.1) is 0 Å². The molecule has 1 N–H and O–H groups in total. The molecule has 0 amide bonds. The molecule has 1 heterocycles. The third-order valence-electron chi connectivity index (χ3n) is 3.38. The molecule has 3 heteroatoms. The standard InChI is InChI=1S/C13H18BrNO/c1-10(15-7-3-2-4-8-15)12-9-11(14)5-6-13(12)16/h5-6,9-10,16H,2-4,7-8H2,1H3. The van der Waals surface area contributed by atoms with Crippen molar-refractivity contribution in [3.8, 4) is 5.75 Å². The largest absolute Gasteiger partial charge is 0.508 e. The average Bonchev–Trinajstić information content (AvgIpc) is 2.32. The molecular formula is C13H18BrNO. The summed E-state index contributed by atoms with van der Waals surface area (Å²) in [6.07, 6.45) is 3.89. The van der Waals surface area contributed by atoms with Crippen molar-refractivity contribution in [2.24, 2.45) is 0 Å². The molecule has 1 aliphatic heterocycles. The Kier molecular flexibility index (Phi) is 3.87. The highest BCUT2D eigenvalue weighted by molar-refractivity contribution is 9.10. The van der Waals surface area contributed by atoms with E-state index in [2.05, 4.69) is 27.8 Å². The van der Waals surface area contributed by atoms with Crippen LogP contribution in [-0.4, -0.2) is 23.1 Å². The summed E-state index contributed by atoms with van der Waals surface area (Å²) < 4.78 is 1.03. The molecule has 0 aliphatic carbocycles. The van der Waals surface area contributed by atoms with Gasteiger partial charge in [-0.25, -0.2) is 0 Å². The number of piperidine rings is 1. The number of benzene rings is 1.